The number of hydrogen-bond acceptors (Lipinski definition) is 9. The zero-order valence-corrected chi connectivity index (χ0v) is 18.7. The number of benzene rings is 2. The van der Waals surface area contributed by atoms with Gasteiger partial charge in [0, 0.05) is 30.3 Å². The SMILES string of the molecule is COCc1c(O)c(O)c(OC)c2c1CCN(C)[C@H]2C1OC(=O)c2c1ccc(OC)c2OC. The Morgan fingerprint density at radius 1 is 1.06 bits per heavy atom. The Morgan fingerprint density at radius 3 is 2.41 bits per heavy atom. The van der Waals surface area contributed by atoms with E-state index in [9.17, 15) is 15.0 Å². The normalized spacial score (nSPS) is 19.8. The molecular formula is C23H27NO8. The van der Waals surface area contributed by atoms with Crippen molar-refractivity contribution in [1.29, 1.82) is 0 Å². The van der Waals surface area contributed by atoms with Crippen LogP contribution in [-0.2, 0) is 22.5 Å². The van der Waals surface area contributed by atoms with E-state index in [4.69, 9.17) is 23.7 Å². The van der Waals surface area contributed by atoms with Crippen LogP contribution in [0.1, 0.15) is 44.8 Å². The summed E-state index contributed by atoms with van der Waals surface area (Å²) in [5.74, 6) is -0.240. The van der Waals surface area contributed by atoms with Gasteiger partial charge < -0.3 is 33.9 Å². The number of carbonyl (C=O) groups is 1. The van der Waals surface area contributed by atoms with Gasteiger partial charge in [0.05, 0.1) is 34.0 Å². The smallest absolute Gasteiger partial charge is 0.343 e. The third kappa shape index (κ3) is 3.11. The number of phenols is 2. The molecule has 0 amide bonds. The van der Waals surface area contributed by atoms with E-state index in [0.717, 1.165) is 5.56 Å². The first-order chi connectivity index (χ1) is 15.4. The highest BCUT2D eigenvalue weighted by atomic mass is 16.6. The van der Waals surface area contributed by atoms with Gasteiger partial charge in [-0.3, -0.25) is 4.90 Å². The number of aromatic hydroxyl groups is 2. The summed E-state index contributed by atoms with van der Waals surface area (Å²) in [6.45, 7) is 0.757. The maximum absolute atomic E-state index is 12.9. The summed E-state index contributed by atoms with van der Waals surface area (Å²) in [7, 11) is 7.85. The van der Waals surface area contributed by atoms with Crippen LogP contribution in [0.4, 0.5) is 0 Å². The predicted octanol–water partition coefficient (Wildman–Crippen LogP) is 2.71. The van der Waals surface area contributed by atoms with Crippen molar-refractivity contribution < 1.29 is 38.7 Å². The quantitative estimate of drug-likeness (QED) is 0.513. The molecule has 0 bridgehead atoms. The molecule has 0 aliphatic carbocycles. The summed E-state index contributed by atoms with van der Waals surface area (Å²) in [6, 6.07) is 3.05. The minimum absolute atomic E-state index is 0.119. The van der Waals surface area contributed by atoms with Crippen molar-refractivity contribution >= 4 is 5.97 Å². The fraction of sp³-hybridized carbons (Fsp3) is 0.435. The molecular weight excluding hydrogens is 418 g/mol. The Kier molecular flexibility index (Phi) is 5.79. The average molecular weight is 445 g/mol. The van der Waals surface area contributed by atoms with Crippen molar-refractivity contribution in [2.24, 2.45) is 0 Å². The molecule has 2 heterocycles. The van der Waals surface area contributed by atoms with Crippen LogP contribution in [0, 0.1) is 0 Å². The number of phenolic OH excluding ortho intramolecular Hbond substituents is 2. The molecule has 9 heteroatoms. The summed E-state index contributed by atoms with van der Waals surface area (Å²) in [4.78, 5) is 15.0. The molecule has 2 N–H and O–H groups in total. The molecule has 2 aliphatic rings. The van der Waals surface area contributed by atoms with Crippen molar-refractivity contribution in [2.45, 2.75) is 25.2 Å². The standard InChI is InChI=1S/C23H27NO8/c1-24-9-8-11-13(10-28-2)18(25)19(26)22(31-5)15(11)17(24)20-12-6-7-14(29-3)21(30-4)16(12)23(27)32-20/h6-7,17,20,25-26H,8-10H2,1-5H3/t17-,20?/m1/s1. The lowest BCUT2D eigenvalue weighted by Gasteiger charge is -2.39. The van der Waals surface area contributed by atoms with Crippen molar-refractivity contribution in [1.82, 2.24) is 4.90 Å². The van der Waals surface area contributed by atoms with E-state index in [1.54, 1.807) is 12.1 Å². The summed E-state index contributed by atoms with van der Waals surface area (Å²) < 4.78 is 27.5. The van der Waals surface area contributed by atoms with Gasteiger partial charge in [-0.1, -0.05) is 6.07 Å². The van der Waals surface area contributed by atoms with Crippen LogP contribution < -0.4 is 14.2 Å². The number of rotatable bonds is 6. The van der Waals surface area contributed by atoms with Crippen molar-refractivity contribution in [3.05, 3.63) is 39.9 Å². The van der Waals surface area contributed by atoms with Gasteiger partial charge in [0.2, 0.25) is 5.75 Å². The second-order valence-electron chi connectivity index (χ2n) is 7.80. The van der Waals surface area contributed by atoms with Gasteiger partial charge in [-0.05, 0) is 25.1 Å². The van der Waals surface area contributed by atoms with Gasteiger partial charge in [0.25, 0.3) is 0 Å². The van der Waals surface area contributed by atoms with Gasteiger partial charge >= 0.3 is 5.97 Å². The summed E-state index contributed by atoms with van der Waals surface area (Å²) in [5.41, 5.74) is 2.93. The lowest BCUT2D eigenvalue weighted by atomic mass is 9.83. The third-order valence-electron chi connectivity index (χ3n) is 6.25. The monoisotopic (exact) mass is 445 g/mol. The van der Waals surface area contributed by atoms with E-state index in [0.29, 0.717) is 46.7 Å². The molecule has 32 heavy (non-hydrogen) atoms. The van der Waals surface area contributed by atoms with Crippen LogP contribution in [0.2, 0.25) is 0 Å². The highest BCUT2D eigenvalue weighted by Gasteiger charge is 2.46. The molecule has 0 spiro atoms. The van der Waals surface area contributed by atoms with Crippen LogP contribution in [0.15, 0.2) is 12.1 Å². The third-order valence-corrected chi connectivity index (χ3v) is 6.25. The van der Waals surface area contributed by atoms with Crippen molar-refractivity contribution in [2.75, 3.05) is 42.0 Å². The van der Waals surface area contributed by atoms with Crippen molar-refractivity contribution in [3.8, 4) is 28.7 Å². The van der Waals surface area contributed by atoms with Gasteiger partial charge in [-0.2, -0.15) is 0 Å². The zero-order chi connectivity index (χ0) is 23.2. The minimum Gasteiger partial charge on any atom is -0.504 e. The molecule has 0 saturated heterocycles. The number of cyclic esters (lactones) is 1. The molecule has 2 atom stereocenters. The van der Waals surface area contributed by atoms with E-state index in [-0.39, 0.29) is 23.9 Å². The number of fused-ring (bicyclic) bond motifs is 2. The first-order valence-electron chi connectivity index (χ1n) is 10.2. The Morgan fingerprint density at radius 2 is 1.78 bits per heavy atom. The molecule has 4 rings (SSSR count). The molecule has 172 valence electrons. The van der Waals surface area contributed by atoms with Crippen LogP contribution in [0.5, 0.6) is 28.7 Å². The largest absolute Gasteiger partial charge is 0.504 e. The van der Waals surface area contributed by atoms with Crippen LogP contribution >= 0.6 is 0 Å². The molecule has 2 aliphatic heterocycles. The van der Waals surface area contributed by atoms with Gasteiger partial charge in [0.15, 0.2) is 23.0 Å². The first kappa shape index (κ1) is 22.0. The van der Waals surface area contributed by atoms with Crippen LogP contribution in [0.25, 0.3) is 0 Å². The number of likely N-dealkylation sites (N-methyl/N-ethyl adjacent to an activating group) is 1. The number of ether oxygens (including phenoxy) is 5. The Bertz CT molecular complexity index is 1070. The van der Waals surface area contributed by atoms with E-state index in [1.807, 2.05) is 11.9 Å². The number of esters is 1. The summed E-state index contributed by atoms with van der Waals surface area (Å²) >= 11 is 0. The van der Waals surface area contributed by atoms with Gasteiger partial charge in [-0.15, -0.1) is 0 Å². The van der Waals surface area contributed by atoms with Gasteiger partial charge in [-0.25, -0.2) is 4.79 Å². The predicted molar refractivity (Wildman–Crippen MR) is 114 cm³/mol. The lowest BCUT2D eigenvalue weighted by Crippen LogP contribution is -2.37. The molecule has 2 aromatic carbocycles. The fourth-order valence-electron chi connectivity index (χ4n) is 4.82. The highest BCUT2D eigenvalue weighted by Crippen LogP contribution is 2.55. The topological polar surface area (TPSA) is 107 Å². The van der Waals surface area contributed by atoms with Crippen LogP contribution in [0.3, 0.4) is 0 Å². The van der Waals surface area contributed by atoms with E-state index in [1.165, 1.54) is 28.4 Å². The molecule has 0 fully saturated rings. The Labute approximate surface area is 186 Å². The summed E-state index contributed by atoms with van der Waals surface area (Å²) in [6.07, 6.45) is -0.0837. The minimum atomic E-state index is -0.686. The Balaban J connectivity index is 1.95. The fourth-order valence-corrected chi connectivity index (χ4v) is 4.82. The first-order valence-corrected chi connectivity index (χ1v) is 10.2. The molecule has 0 saturated carbocycles. The zero-order valence-electron chi connectivity index (χ0n) is 18.7. The molecule has 0 radical (unpaired) electrons. The number of nitrogens with zero attached hydrogens (tertiary/aromatic N) is 1. The van der Waals surface area contributed by atoms with E-state index >= 15 is 0 Å². The molecule has 2 aromatic rings. The second-order valence-corrected chi connectivity index (χ2v) is 7.80. The average Bonchev–Trinajstić information content (AvgIpc) is 3.12. The molecule has 0 aromatic heterocycles. The summed E-state index contributed by atoms with van der Waals surface area (Å²) in [5, 5.41) is 21.3. The second kappa shape index (κ2) is 8.40. The van der Waals surface area contributed by atoms with E-state index in [2.05, 4.69) is 0 Å². The molecule has 1 unspecified atom stereocenters. The lowest BCUT2D eigenvalue weighted by molar-refractivity contribution is 0.00852. The van der Waals surface area contributed by atoms with Gasteiger partial charge in [0.1, 0.15) is 11.7 Å². The highest BCUT2D eigenvalue weighted by molar-refractivity contribution is 5.98. The van der Waals surface area contributed by atoms with Crippen LogP contribution in [-0.4, -0.2) is 63.1 Å². The Hall–Kier alpha value is -3.17. The molecule has 9 nitrogen and oxygen atoms in total. The maximum Gasteiger partial charge on any atom is 0.343 e. The number of methoxy groups -OCH3 is 4. The number of hydrogen-bond donors (Lipinski definition) is 2. The maximum atomic E-state index is 12.9. The van der Waals surface area contributed by atoms with Crippen molar-refractivity contribution in [3.63, 3.8) is 0 Å². The number of carbonyl (C=O) groups excluding carboxylic acids is 1. The van der Waals surface area contributed by atoms with E-state index < -0.39 is 18.1 Å².